The minimum absolute atomic E-state index is 0.0667. The largest absolute Gasteiger partial charge is 0.366 e. The van der Waals surface area contributed by atoms with Crippen LogP contribution in [0, 0.1) is 16.0 Å². The first-order valence-electron chi connectivity index (χ1n) is 11.3. The lowest BCUT2D eigenvalue weighted by Crippen LogP contribution is -2.46. The molecule has 0 unspecified atom stereocenters. The zero-order valence-corrected chi connectivity index (χ0v) is 19.9. The van der Waals surface area contributed by atoms with Crippen LogP contribution >= 0.6 is 0 Å². The Labute approximate surface area is 199 Å². The highest BCUT2D eigenvalue weighted by molar-refractivity contribution is 7.89. The summed E-state index contributed by atoms with van der Waals surface area (Å²) in [5, 5.41) is 14.2. The molecule has 2 fully saturated rings. The maximum Gasteiger partial charge on any atom is 0.292 e. The van der Waals surface area contributed by atoms with Crippen molar-refractivity contribution in [1.29, 1.82) is 0 Å². The highest BCUT2D eigenvalue weighted by Gasteiger charge is 2.29. The predicted molar refractivity (Wildman–Crippen MR) is 129 cm³/mol. The Bertz CT molecular complexity index is 1140. The average Bonchev–Trinajstić information content (AvgIpc) is 2.84. The maximum absolute atomic E-state index is 12.9. The van der Waals surface area contributed by atoms with Crippen molar-refractivity contribution in [2.45, 2.75) is 17.7 Å². The van der Waals surface area contributed by atoms with Crippen molar-refractivity contribution in [1.82, 2.24) is 9.21 Å². The molecule has 0 saturated carbocycles. The molecule has 34 heavy (non-hydrogen) atoms. The molecule has 2 aromatic carbocycles. The lowest BCUT2D eigenvalue weighted by atomic mass is 9.95. The Kier molecular flexibility index (Phi) is 7.15. The van der Waals surface area contributed by atoms with E-state index in [-0.39, 0.29) is 27.3 Å². The molecule has 11 heteroatoms. The van der Waals surface area contributed by atoms with Crippen LogP contribution in [0.15, 0.2) is 53.4 Å². The van der Waals surface area contributed by atoms with Crippen molar-refractivity contribution in [2.24, 2.45) is 5.92 Å². The topological polar surface area (TPSA) is 116 Å². The molecule has 0 aromatic heterocycles. The number of benzene rings is 2. The summed E-state index contributed by atoms with van der Waals surface area (Å²) >= 11 is 0. The Balaban J connectivity index is 1.34. The van der Waals surface area contributed by atoms with E-state index in [0.29, 0.717) is 63.5 Å². The van der Waals surface area contributed by atoms with Gasteiger partial charge in [0.15, 0.2) is 0 Å². The van der Waals surface area contributed by atoms with Crippen LogP contribution in [0.5, 0.6) is 0 Å². The molecule has 2 aliphatic rings. The predicted octanol–water partition coefficient (Wildman–Crippen LogP) is 2.39. The molecule has 0 atom stereocenters. The number of carbonyl (C=O) groups excluding carboxylic acids is 1. The lowest BCUT2D eigenvalue weighted by Gasteiger charge is -2.32. The van der Waals surface area contributed by atoms with Gasteiger partial charge >= 0.3 is 0 Å². The van der Waals surface area contributed by atoms with E-state index in [1.807, 2.05) is 11.9 Å². The van der Waals surface area contributed by atoms with Crippen LogP contribution in [0.2, 0.25) is 0 Å². The third-order valence-electron chi connectivity index (χ3n) is 6.51. The van der Waals surface area contributed by atoms with E-state index < -0.39 is 10.0 Å². The lowest BCUT2D eigenvalue weighted by molar-refractivity contribution is -0.384. The second kappa shape index (κ2) is 10.1. The van der Waals surface area contributed by atoms with E-state index >= 15 is 0 Å². The minimum atomic E-state index is -3.55. The van der Waals surface area contributed by atoms with Crippen molar-refractivity contribution < 1.29 is 18.1 Å². The molecule has 2 aliphatic heterocycles. The van der Waals surface area contributed by atoms with Gasteiger partial charge in [0.2, 0.25) is 15.9 Å². The van der Waals surface area contributed by atoms with E-state index in [0.717, 1.165) is 0 Å². The van der Waals surface area contributed by atoms with Crippen LogP contribution in [0.3, 0.4) is 0 Å². The normalized spacial score (nSPS) is 18.6. The zero-order chi connectivity index (χ0) is 24.3. The number of likely N-dealkylation sites (N-methyl/N-ethyl adjacent to an activating group) is 1. The molecule has 2 heterocycles. The molecule has 2 saturated heterocycles. The van der Waals surface area contributed by atoms with Gasteiger partial charge in [-0.1, -0.05) is 12.1 Å². The van der Waals surface area contributed by atoms with Crippen LogP contribution in [0.4, 0.5) is 17.1 Å². The van der Waals surface area contributed by atoms with Crippen molar-refractivity contribution in [3.63, 3.8) is 0 Å². The summed E-state index contributed by atoms with van der Waals surface area (Å²) in [6, 6.07) is 12.9. The summed E-state index contributed by atoms with van der Waals surface area (Å²) in [6.07, 6.45) is 1.15. The second-order valence-electron chi connectivity index (χ2n) is 8.73. The van der Waals surface area contributed by atoms with Gasteiger partial charge in [-0.3, -0.25) is 14.9 Å². The number of nitro benzene ring substituents is 1. The second-order valence-corrected chi connectivity index (χ2v) is 10.7. The highest BCUT2D eigenvalue weighted by Crippen LogP contribution is 2.31. The van der Waals surface area contributed by atoms with E-state index in [4.69, 9.17) is 0 Å². The molecule has 0 radical (unpaired) electrons. The van der Waals surface area contributed by atoms with Gasteiger partial charge < -0.3 is 15.1 Å². The molecule has 4 rings (SSSR count). The van der Waals surface area contributed by atoms with Crippen LogP contribution in [-0.4, -0.2) is 74.8 Å². The standard InChI is InChI=1S/C23H29N5O5S/c1-25-14-16-27(17-15-25)34(32,33)20-8-6-19(7-9-20)24-23(29)18-10-12-26(13-11-18)21-4-2-3-5-22(21)28(30)31/h2-9,18H,10-17H2,1H3,(H,24,29). The van der Waals surface area contributed by atoms with E-state index in [2.05, 4.69) is 10.2 Å². The fourth-order valence-electron chi connectivity index (χ4n) is 4.40. The molecule has 1 amide bonds. The number of rotatable bonds is 6. The van der Waals surface area contributed by atoms with Gasteiger partial charge in [0, 0.05) is 56.9 Å². The van der Waals surface area contributed by atoms with E-state index in [9.17, 15) is 23.3 Å². The first kappa shape index (κ1) is 24.1. The number of hydrogen-bond donors (Lipinski definition) is 1. The molecule has 2 aromatic rings. The van der Waals surface area contributed by atoms with Gasteiger partial charge in [-0.2, -0.15) is 4.31 Å². The van der Waals surface area contributed by atoms with Gasteiger partial charge in [0.05, 0.1) is 9.82 Å². The first-order chi connectivity index (χ1) is 16.3. The number of anilines is 2. The van der Waals surface area contributed by atoms with E-state index in [1.54, 1.807) is 30.3 Å². The van der Waals surface area contributed by atoms with Gasteiger partial charge in [-0.15, -0.1) is 0 Å². The Hall–Kier alpha value is -3.02. The van der Waals surface area contributed by atoms with Gasteiger partial charge in [-0.05, 0) is 50.2 Å². The van der Waals surface area contributed by atoms with Crippen LogP contribution in [0.1, 0.15) is 12.8 Å². The molecule has 0 aliphatic carbocycles. The Morgan fingerprint density at radius 3 is 2.21 bits per heavy atom. The SMILES string of the molecule is CN1CCN(S(=O)(=O)c2ccc(NC(=O)C3CCN(c4ccccc4[N+](=O)[O-])CC3)cc2)CC1. The molecule has 10 nitrogen and oxygen atoms in total. The van der Waals surface area contributed by atoms with Crippen molar-refractivity contribution in [3.8, 4) is 0 Å². The smallest absolute Gasteiger partial charge is 0.292 e. The summed E-state index contributed by atoms with van der Waals surface area (Å²) in [7, 11) is -1.58. The maximum atomic E-state index is 12.9. The fraction of sp³-hybridized carbons (Fsp3) is 0.435. The molecule has 0 spiro atoms. The molecule has 182 valence electrons. The Morgan fingerprint density at radius 2 is 1.59 bits per heavy atom. The summed E-state index contributed by atoms with van der Waals surface area (Å²) in [6.45, 7) is 3.41. The number of nitro groups is 1. The van der Waals surface area contributed by atoms with Crippen LogP contribution in [0.25, 0.3) is 0 Å². The molecule has 1 N–H and O–H groups in total. The first-order valence-corrected chi connectivity index (χ1v) is 12.8. The molecule has 0 bridgehead atoms. The number of sulfonamides is 1. The number of nitrogens with zero attached hydrogens (tertiary/aromatic N) is 4. The van der Waals surface area contributed by atoms with E-state index in [1.165, 1.54) is 22.5 Å². The number of piperazine rings is 1. The third-order valence-corrected chi connectivity index (χ3v) is 8.42. The number of nitrogens with one attached hydrogen (secondary N) is 1. The van der Waals surface area contributed by atoms with Crippen molar-refractivity contribution in [3.05, 3.63) is 58.6 Å². The quantitative estimate of drug-likeness (QED) is 0.491. The summed E-state index contributed by atoms with van der Waals surface area (Å²) in [5.41, 5.74) is 1.18. The number of para-hydroxylation sites is 2. The van der Waals surface area contributed by atoms with Crippen LogP contribution in [-0.2, 0) is 14.8 Å². The minimum Gasteiger partial charge on any atom is -0.366 e. The van der Waals surface area contributed by atoms with Gasteiger partial charge in [0.25, 0.3) is 5.69 Å². The summed E-state index contributed by atoms with van der Waals surface area (Å²) < 4.78 is 27.2. The third kappa shape index (κ3) is 5.21. The Morgan fingerprint density at radius 1 is 0.971 bits per heavy atom. The summed E-state index contributed by atoms with van der Waals surface area (Å²) in [5.74, 6) is -0.343. The number of hydrogen-bond acceptors (Lipinski definition) is 7. The monoisotopic (exact) mass is 487 g/mol. The summed E-state index contributed by atoms with van der Waals surface area (Å²) in [4.78, 5) is 27.9. The highest BCUT2D eigenvalue weighted by atomic mass is 32.2. The van der Waals surface area contributed by atoms with Gasteiger partial charge in [-0.25, -0.2) is 8.42 Å². The van der Waals surface area contributed by atoms with Crippen molar-refractivity contribution >= 4 is 33.0 Å². The molecular formula is C23H29N5O5S. The number of carbonyl (C=O) groups is 1. The number of piperidine rings is 1. The average molecular weight is 488 g/mol. The zero-order valence-electron chi connectivity index (χ0n) is 19.1. The van der Waals surface area contributed by atoms with Crippen molar-refractivity contribution in [2.75, 3.05) is 56.5 Å². The molecular weight excluding hydrogens is 458 g/mol. The van der Waals surface area contributed by atoms with Gasteiger partial charge in [0.1, 0.15) is 5.69 Å². The van der Waals surface area contributed by atoms with Crippen LogP contribution < -0.4 is 10.2 Å². The number of amides is 1. The fourth-order valence-corrected chi connectivity index (χ4v) is 5.82.